The van der Waals surface area contributed by atoms with Crippen LogP contribution in [0.5, 0.6) is 0 Å². The summed E-state index contributed by atoms with van der Waals surface area (Å²) in [5, 5.41) is 2.81. The number of aromatic nitrogens is 1. The minimum Gasteiger partial charge on any atom is -0.463 e. The van der Waals surface area contributed by atoms with E-state index in [4.69, 9.17) is 9.15 Å². The van der Waals surface area contributed by atoms with Crippen LogP contribution in [-0.2, 0) is 4.74 Å². The van der Waals surface area contributed by atoms with Crippen molar-refractivity contribution in [2.75, 3.05) is 26.2 Å². The van der Waals surface area contributed by atoms with Gasteiger partial charge in [0.1, 0.15) is 11.3 Å². The van der Waals surface area contributed by atoms with Crippen molar-refractivity contribution in [2.45, 2.75) is 26.1 Å². The number of H-pyrrole nitrogens is 1. The van der Waals surface area contributed by atoms with E-state index in [1.807, 2.05) is 13.8 Å². The highest BCUT2D eigenvalue weighted by Gasteiger charge is 2.22. The van der Waals surface area contributed by atoms with Crippen molar-refractivity contribution in [3.63, 3.8) is 0 Å². The monoisotopic (exact) mass is 345 g/mol. The molecular formula is C18H23N3O4. The van der Waals surface area contributed by atoms with Gasteiger partial charge in [0.15, 0.2) is 0 Å². The van der Waals surface area contributed by atoms with Crippen LogP contribution in [0.1, 0.15) is 24.2 Å². The summed E-state index contributed by atoms with van der Waals surface area (Å²) in [5.41, 5.74) is 0.210. The number of aromatic amines is 1. The number of nitrogens with zero attached hydrogens (tertiary/aromatic N) is 1. The van der Waals surface area contributed by atoms with Gasteiger partial charge in [0.25, 0.3) is 11.5 Å². The molecule has 134 valence electrons. The van der Waals surface area contributed by atoms with Crippen molar-refractivity contribution < 1.29 is 13.9 Å². The van der Waals surface area contributed by atoms with Crippen LogP contribution in [-0.4, -0.2) is 54.2 Å². The van der Waals surface area contributed by atoms with Gasteiger partial charge in [0, 0.05) is 26.2 Å². The molecule has 7 nitrogen and oxygen atoms in total. The second-order valence-electron chi connectivity index (χ2n) is 6.36. The van der Waals surface area contributed by atoms with Gasteiger partial charge in [-0.1, -0.05) is 0 Å². The third-order valence-corrected chi connectivity index (χ3v) is 4.15. The first-order valence-corrected chi connectivity index (χ1v) is 8.46. The van der Waals surface area contributed by atoms with E-state index in [1.165, 1.54) is 12.3 Å². The molecule has 2 atom stereocenters. The van der Waals surface area contributed by atoms with E-state index in [1.54, 1.807) is 18.2 Å². The van der Waals surface area contributed by atoms with Crippen molar-refractivity contribution >= 4 is 5.91 Å². The van der Waals surface area contributed by atoms with E-state index in [0.717, 1.165) is 19.6 Å². The molecule has 1 amide bonds. The molecule has 2 N–H and O–H groups in total. The average Bonchev–Trinajstić information content (AvgIpc) is 3.08. The second-order valence-corrected chi connectivity index (χ2v) is 6.36. The first-order valence-electron chi connectivity index (χ1n) is 8.46. The number of carbonyl (C=O) groups is 1. The maximum atomic E-state index is 12.2. The fraction of sp³-hybridized carbons (Fsp3) is 0.444. The zero-order chi connectivity index (χ0) is 17.8. The summed E-state index contributed by atoms with van der Waals surface area (Å²) in [4.78, 5) is 29.3. The van der Waals surface area contributed by atoms with Gasteiger partial charge in [-0.2, -0.15) is 0 Å². The summed E-state index contributed by atoms with van der Waals surface area (Å²) >= 11 is 0. The quantitative estimate of drug-likeness (QED) is 0.857. The molecule has 0 aromatic carbocycles. The number of furan rings is 1. The largest absolute Gasteiger partial charge is 0.463 e. The van der Waals surface area contributed by atoms with Crippen molar-refractivity contribution in [3.8, 4) is 11.5 Å². The highest BCUT2D eigenvalue weighted by atomic mass is 16.5. The van der Waals surface area contributed by atoms with Crippen molar-refractivity contribution in [1.82, 2.24) is 15.2 Å². The number of hydrogen-bond donors (Lipinski definition) is 2. The maximum absolute atomic E-state index is 12.2. The zero-order valence-corrected chi connectivity index (χ0v) is 14.5. The first kappa shape index (κ1) is 17.4. The number of rotatable bonds is 5. The molecule has 2 aromatic heterocycles. The second kappa shape index (κ2) is 7.67. The normalized spacial score (nSPS) is 21.2. The van der Waals surface area contributed by atoms with E-state index in [0.29, 0.717) is 18.0 Å². The summed E-state index contributed by atoms with van der Waals surface area (Å²) in [5.74, 6) is 0.182. The van der Waals surface area contributed by atoms with E-state index in [9.17, 15) is 9.59 Å². The fourth-order valence-corrected chi connectivity index (χ4v) is 3.12. The van der Waals surface area contributed by atoms with E-state index < -0.39 is 5.56 Å². The number of pyridine rings is 1. The summed E-state index contributed by atoms with van der Waals surface area (Å²) in [6.07, 6.45) is 1.91. The molecule has 1 aliphatic heterocycles. The lowest BCUT2D eigenvalue weighted by Crippen LogP contribution is -2.48. The van der Waals surface area contributed by atoms with E-state index >= 15 is 0 Å². The minimum absolute atomic E-state index is 0.0963. The Morgan fingerprint density at radius 3 is 2.68 bits per heavy atom. The molecule has 1 saturated heterocycles. The minimum atomic E-state index is -0.431. The molecule has 3 rings (SSSR count). The van der Waals surface area contributed by atoms with Crippen LogP contribution in [0, 0.1) is 0 Å². The summed E-state index contributed by atoms with van der Waals surface area (Å²) in [6.45, 7) is 6.99. The zero-order valence-electron chi connectivity index (χ0n) is 14.5. The van der Waals surface area contributed by atoms with Gasteiger partial charge < -0.3 is 19.5 Å². The Kier molecular flexibility index (Phi) is 5.35. The van der Waals surface area contributed by atoms with Crippen molar-refractivity contribution in [1.29, 1.82) is 0 Å². The lowest BCUT2D eigenvalue weighted by atomic mass is 10.2. The highest BCUT2D eigenvalue weighted by Crippen LogP contribution is 2.15. The first-order chi connectivity index (χ1) is 12.0. The summed E-state index contributed by atoms with van der Waals surface area (Å²) < 4.78 is 10.9. The Bertz CT molecular complexity index is 759. The van der Waals surface area contributed by atoms with Gasteiger partial charge in [-0.15, -0.1) is 0 Å². The number of ether oxygens (including phenoxy) is 1. The maximum Gasteiger partial charge on any atom is 0.261 e. The molecule has 0 spiro atoms. The molecular weight excluding hydrogens is 322 g/mol. The van der Waals surface area contributed by atoms with Gasteiger partial charge in [-0.3, -0.25) is 14.5 Å². The van der Waals surface area contributed by atoms with E-state index in [2.05, 4.69) is 15.2 Å². The number of morpholine rings is 1. The third kappa shape index (κ3) is 4.37. The predicted molar refractivity (Wildman–Crippen MR) is 93.5 cm³/mol. The van der Waals surface area contributed by atoms with Crippen molar-refractivity contribution in [3.05, 3.63) is 46.4 Å². The number of hydrogen-bond acceptors (Lipinski definition) is 5. The average molecular weight is 345 g/mol. The Balaban J connectivity index is 1.55. The predicted octanol–water partition coefficient (Wildman–Crippen LogP) is 1.47. The van der Waals surface area contributed by atoms with Gasteiger partial charge in [-0.05, 0) is 38.1 Å². The molecule has 0 aliphatic carbocycles. The molecule has 1 aliphatic rings. The standard InChI is InChI=1S/C18H23N3O4/c1-12-10-21(11-13(2)25-12)8-7-19-17(22)14-5-6-15(20-18(14)23)16-4-3-9-24-16/h3-6,9,12-13H,7-8,10-11H2,1-2H3,(H,19,22)(H,20,23)/t12-,13-/m1/s1. The molecule has 0 unspecified atom stereocenters. The van der Waals surface area contributed by atoms with Gasteiger partial charge in [-0.25, -0.2) is 0 Å². The van der Waals surface area contributed by atoms with Gasteiger partial charge >= 0.3 is 0 Å². The van der Waals surface area contributed by atoms with Crippen LogP contribution >= 0.6 is 0 Å². The SMILES string of the molecule is C[C@@H]1CN(CCNC(=O)c2ccc(-c3ccco3)[nH]c2=O)C[C@@H](C)O1. The Morgan fingerprint density at radius 1 is 1.28 bits per heavy atom. The molecule has 0 saturated carbocycles. The van der Waals surface area contributed by atoms with Crippen molar-refractivity contribution in [2.24, 2.45) is 0 Å². The number of amides is 1. The molecule has 0 bridgehead atoms. The Labute approximate surface area is 146 Å². The van der Waals surface area contributed by atoms with Crippen LogP contribution in [0.15, 0.2) is 39.7 Å². The van der Waals surface area contributed by atoms with Gasteiger partial charge in [0.2, 0.25) is 0 Å². The topological polar surface area (TPSA) is 87.6 Å². The smallest absolute Gasteiger partial charge is 0.261 e. The molecule has 0 radical (unpaired) electrons. The molecule has 3 heterocycles. The van der Waals surface area contributed by atoms with Crippen LogP contribution in [0.2, 0.25) is 0 Å². The van der Waals surface area contributed by atoms with Gasteiger partial charge in [0.05, 0.1) is 24.2 Å². The molecule has 7 heteroatoms. The van der Waals surface area contributed by atoms with Crippen LogP contribution < -0.4 is 10.9 Å². The van der Waals surface area contributed by atoms with Crippen LogP contribution in [0.4, 0.5) is 0 Å². The van der Waals surface area contributed by atoms with Crippen LogP contribution in [0.3, 0.4) is 0 Å². The molecule has 25 heavy (non-hydrogen) atoms. The fourth-order valence-electron chi connectivity index (χ4n) is 3.12. The summed E-state index contributed by atoms with van der Waals surface area (Å²) in [6, 6.07) is 6.67. The highest BCUT2D eigenvalue weighted by molar-refractivity contribution is 5.94. The Morgan fingerprint density at radius 2 is 2.04 bits per heavy atom. The molecule has 1 fully saturated rings. The lowest BCUT2D eigenvalue weighted by molar-refractivity contribution is -0.0672. The number of carbonyl (C=O) groups excluding carboxylic acids is 1. The van der Waals surface area contributed by atoms with E-state index in [-0.39, 0.29) is 23.7 Å². The lowest BCUT2D eigenvalue weighted by Gasteiger charge is -2.35. The molecule has 2 aromatic rings. The third-order valence-electron chi connectivity index (χ3n) is 4.15. The Hall–Kier alpha value is -2.38. The summed E-state index contributed by atoms with van der Waals surface area (Å²) in [7, 11) is 0. The van der Waals surface area contributed by atoms with Crippen LogP contribution in [0.25, 0.3) is 11.5 Å². The number of nitrogens with one attached hydrogen (secondary N) is 2.